The monoisotopic (exact) mass is 284 g/mol. The van der Waals surface area contributed by atoms with Crippen LogP contribution in [0.2, 0.25) is 0 Å². The van der Waals surface area contributed by atoms with Gasteiger partial charge >= 0.3 is 0 Å². The zero-order chi connectivity index (χ0) is 14.4. The third-order valence-corrected chi connectivity index (χ3v) is 4.67. The number of fused-ring (bicyclic) bond motifs is 5. The first-order chi connectivity index (χ1) is 10.3. The van der Waals surface area contributed by atoms with Gasteiger partial charge in [-0.05, 0) is 47.2 Å². The maximum absolute atomic E-state index is 13.7. The van der Waals surface area contributed by atoms with Gasteiger partial charge in [0.05, 0.1) is 18.8 Å². The summed E-state index contributed by atoms with van der Waals surface area (Å²) in [5.41, 5.74) is 4.61. The van der Waals surface area contributed by atoms with E-state index in [2.05, 4.69) is 12.1 Å². The molecule has 0 saturated carbocycles. The topological polar surface area (TPSA) is 29.5 Å². The SMILES string of the molecule is OC[C@H]1C[C@@H]2c3ccccc3Cc3ccc(F)cc3[C@@H]2O1. The van der Waals surface area contributed by atoms with Crippen LogP contribution in [0, 0.1) is 5.82 Å². The Morgan fingerprint density at radius 1 is 1.10 bits per heavy atom. The van der Waals surface area contributed by atoms with Crippen LogP contribution in [0.5, 0.6) is 0 Å². The second-order valence-corrected chi connectivity index (χ2v) is 5.92. The number of aliphatic hydroxyl groups excluding tert-OH is 1. The molecule has 0 aromatic heterocycles. The highest BCUT2D eigenvalue weighted by atomic mass is 19.1. The van der Waals surface area contributed by atoms with Crippen LogP contribution >= 0.6 is 0 Å². The van der Waals surface area contributed by atoms with E-state index in [0.29, 0.717) is 0 Å². The van der Waals surface area contributed by atoms with Crippen molar-refractivity contribution in [3.8, 4) is 0 Å². The van der Waals surface area contributed by atoms with E-state index in [9.17, 15) is 9.50 Å². The summed E-state index contributed by atoms with van der Waals surface area (Å²) in [7, 11) is 0. The average Bonchev–Trinajstić information content (AvgIpc) is 2.89. The molecular formula is C18H17FO2. The van der Waals surface area contributed by atoms with Crippen LogP contribution in [0.1, 0.15) is 40.7 Å². The number of hydrogen-bond acceptors (Lipinski definition) is 2. The number of ether oxygens (including phenoxy) is 1. The number of benzene rings is 2. The summed E-state index contributed by atoms with van der Waals surface area (Å²) in [6, 6.07) is 13.3. The third-order valence-electron chi connectivity index (χ3n) is 4.67. The van der Waals surface area contributed by atoms with E-state index >= 15 is 0 Å². The number of aliphatic hydroxyl groups is 1. The molecule has 21 heavy (non-hydrogen) atoms. The normalized spacial score (nSPS) is 26.7. The highest BCUT2D eigenvalue weighted by molar-refractivity contribution is 5.45. The summed E-state index contributed by atoms with van der Waals surface area (Å²) >= 11 is 0. The maximum atomic E-state index is 13.7. The lowest BCUT2D eigenvalue weighted by molar-refractivity contribution is 0.00829. The number of rotatable bonds is 1. The van der Waals surface area contributed by atoms with Gasteiger partial charge in [0.1, 0.15) is 5.82 Å². The van der Waals surface area contributed by atoms with Gasteiger partial charge in [-0.1, -0.05) is 30.3 Å². The molecule has 1 N–H and O–H groups in total. The maximum Gasteiger partial charge on any atom is 0.123 e. The molecule has 0 unspecified atom stereocenters. The average molecular weight is 284 g/mol. The lowest BCUT2D eigenvalue weighted by Crippen LogP contribution is -2.11. The molecule has 3 heteroatoms. The molecule has 4 rings (SSSR count). The lowest BCUT2D eigenvalue weighted by Gasteiger charge is -2.19. The molecular weight excluding hydrogens is 267 g/mol. The molecule has 1 heterocycles. The molecule has 1 saturated heterocycles. The summed E-state index contributed by atoms with van der Waals surface area (Å²) in [5.74, 6) is -0.0316. The van der Waals surface area contributed by atoms with Crippen molar-refractivity contribution in [2.24, 2.45) is 0 Å². The van der Waals surface area contributed by atoms with Gasteiger partial charge in [0.15, 0.2) is 0 Å². The standard InChI is InChI=1S/C18H17FO2/c19-13-6-5-12-7-11-3-1-2-4-15(11)17-9-14(10-20)21-18(17)16(12)8-13/h1-6,8,14,17-18,20H,7,9-10H2/t14-,17-,18+/m1/s1. The van der Waals surface area contributed by atoms with E-state index in [1.807, 2.05) is 18.2 Å². The number of hydrogen-bond donors (Lipinski definition) is 1. The second-order valence-electron chi connectivity index (χ2n) is 5.92. The molecule has 108 valence electrons. The third kappa shape index (κ3) is 2.08. The van der Waals surface area contributed by atoms with Crippen LogP contribution in [0.25, 0.3) is 0 Å². The van der Waals surface area contributed by atoms with Gasteiger partial charge in [-0.25, -0.2) is 4.39 Å². The molecule has 3 atom stereocenters. The van der Waals surface area contributed by atoms with Crippen molar-refractivity contribution in [2.45, 2.75) is 31.0 Å². The van der Waals surface area contributed by atoms with E-state index < -0.39 is 0 Å². The molecule has 2 aromatic carbocycles. The molecule has 1 aliphatic heterocycles. The molecule has 1 fully saturated rings. The van der Waals surface area contributed by atoms with Crippen LogP contribution in [-0.4, -0.2) is 17.8 Å². The summed E-state index contributed by atoms with van der Waals surface area (Å²) in [6.07, 6.45) is 1.28. The Balaban J connectivity index is 1.90. The fourth-order valence-corrected chi connectivity index (χ4v) is 3.72. The lowest BCUT2D eigenvalue weighted by atomic mass is 9.87. The quantitative estimate of drug-likeness (QED) is 0.870. The van der Waals surface area contributed by atoms with E-state index in [1.165, 1.54) is 17.2 Å². The molecule has 2 aliphatic rings. The fraction of sp³-hybridized carbons (Fsp3) is 0.333. The van der Waals surface area contributed by atoms with Gasteiger partial charge in [-0.2, -0.15) is 0 Å². The van der Waals surface area contributed by atoms with E-state index in [4.69, 9.17) is 4.74 Å². The molecule has 2 aromatic rings. The predicted octanol–water partition coefficient (Wildman–Crippen LogP) is 3.34. The molecule has 0 radical (unpaired) electrons. The summed E-state index contributed by atoms with van der Waals surface area (Å²) in [6.45, 7) is 0.0137. The highest BCUT2D eigenvalue weighted by Crippen LogP contribution is 2.49. The van der Waals surface area contributed by atoms with Crippen molar-refractivity contribution in [1.82, 2.24) is 0 Å². The zero-order valence-electron chi connectivity index (χ0n) is 11.6. The molecule has 1 aliphatic carbocycles. The van der Waals surface area contributed by atoms with E-state index in [-0.39, 0.29) is 30.5 Å². The predicted molar refractivity (Wildman–Crippen MR) is 77.7 cm³/mol. The molecule has 2 nitrogen and oxygen atoms in total. The van der Waals surface area contributed by atoms with Gasteiger partial charge in [-0.15, -0.1) is 0 Å². The Morgan fingerprint density at radius 2 is 1.90 bits per heavy atom. The first kappa shape index (κ1) is 13.0. The Bertz CT molecular complexity index is 683. The fourth-order valence-electron chi connectivity index (χ4n) is 3.72. The Morgan fingerprint density at radius 3 is 2.76 bits per heavy atom. The minimum absolute atomic E-state index is 0.0137. The Kier molecular flexibility index (Phi) is 3.05. The van der Waals surface area contributed by atoms with Gasteiger partial charge < -0.3 is 9.84 Å². The summed E-state index contributed by atoms with van der Waals surface area (Å²) < 4.78 is 19.7. The van der Waals surface area contributed by atoms with Crippen molar-refractivity contribution in [3.05, 3.63) is 70.5 Å². The second kappa shape index (κ2) is 4.93. The largest absolute Gasteiger partial charge is 0.394 e. The van der Waals surface area contributed by atoms with E-state index in [1.54, 1.807) is 6.07 Å². The van der Waals surface area contributed by atoms with Gasteiger partial charge in [-0.3, -0.25) is 0 Å². The molecule has 0 spiro atoms. The van der Waals surface area contributed by atoms with Crippen molar-refractivity contribution in [2.75, 3.05) is 6.61 Å². The Labute approximate surface area is 123 Å². The molecule has 0 amide bonds. The van der Waals surface area contributed by atoms with Crippen molar-refractivity contribution in [3.63, 3.8) is 0 Å². The van der Waals surface area contributed by atoms with Crippen molar-refractivity contribution < 1.29 is 14.2 Å². The Hall–Kier alpha value is -1.71. The summed E-state index contributed by atoms with van der Waals surface area (Å²) in [5, 5.41) is 9.43. The summed E-state index contributed by atoms with van der Waals surface area (Å²) in [4.78, 5) is 0. The van der Waals surface area contributed by atoms with Gasteiger partial charge in [0, 0.05) is 5.92 Å². The van der Waals surface area contributed by atoms with Gasteiger partial charge in [0.25, 0.3) is 0 Å². The van der Waals surface area contributed by atoms with Crippen LogP contribution in [0.15, 0.2) is 42.5 Å². The van der Waals surface area contributed by atoms with Crippen LogP contribution in [0.3, 0.4) is 0 Å². The smallest absolute Gasteiger partial charge is 0.123 e. The van der Waals surface area contributed by atoms with Crippen molar-refractivity contribution >= 4 is 0 Å². The van der Waals surface area contributed by atoms with Crippen LogP contribution < -0.4 is 0 Å². The van der Waals surface area contributed by atoms with Crippen LogP contribution in [-0.2, 0) is 11.2 Å². The minimum atomic E-state index is -0.227. The zero-order valence-corrected chi connectivity index (χ0v) is 11.6. The van der Waals surface area contributed by atoms with E-state index in [0.717, 1.165) is 24.0 Å². The first-order valence-electron chi connectivity index (χ1n) is 7.38. The van der Waals surface area contributed by atoms with Gasteiger partial charge in [0.2, 0.25) is 0 Å². The molecule has 0 bridgehead atoms. The first-order valence-corrected chi connectivity index (χ1v) is 7.38. The minimum Gasteiger partial charge on any atom is -0.394 e. The number of halogens is 1. The highest BCUT2D eigenvalue weighted by Gasteiger charge is 2.40. The van der Waals surface area contributed by atoms with Crippen molar-refractivity contribution in [1.29, 1.82) is 0 Å². The van der Waals surface area contributed by atoms with Crippen LogP contribution in [0.4, 0.5) is 4.39 Å².